The first kappa shape index (κ1) is 28.8. The first-order valence-corrected chi connectivity index (χ1v) is 8.78. The number of hydrogen-bond acceptors (Lipinski definition) is 0. The predicted octanol–water partition coefficient (Wildman–Crippen LogP) is 8.42. The topological polar surface area (TPSA) is 23.8 Å². The number of halogens is 1. The molecule has 1 N–H and O–H groups in total. The Morgan fingerprint density at radius 3 is 1.86 bits per heavy atom. The summed E-state index contributed by atoms with van der Waals surface area (Å²) in [5.74, 6) is 0.410. The van der Waals surface area contributed by atoms with Gasteiger partial charge in [0.25, 0.3) is 0 Å². The quantitative estimate of drug-likeness (QED) is 0.393. The van der Waals surface area contributed by atoms with Crippen LogP contribution in [0.1, 0.15) is 33.3 Å². The molecule has 2 aromatic rings. The standard InChI is InChI=1S/C17H19ClN.C6H5.2CH3.Zr/c1-10-11(2)13(4)16(12(10)3)9-17(19)14-5-7-15(18)8-6-14;1-2-4-6-5-3-1;;;/h5-9,12,19H,1-4H3;1-5H;2*1H3;/q4*-1;+4/b17-9-;;;;. The maximum atomic E-state index is 8.23. The van der Waals surface area contributed by atoms with E-state index in [4.69, 9.17) is 17.3 Å². The van der Waals surface area contributed by atoms with E-state index in [9.17, 15) is 0 Å². The van der Waals surface area contributed by atoms with Crippen molar-refractivity contribution < 1.29 is 26.2 Å². The zero-order chi connectivity index (χ0) is 18.4. The largest absolute Gasteiger partial charge is 4.00 e. The summed E-state index contributed by atoms with van der Waals surface area (Å²) in [6, 6.07) is 19.9. The van der Waals surface area contributed by atoms with Crippen molar-refractivity contribution in [2.45, 2.75) is 27.7 Å². The van der Waals surface area contributed by atoms with Gasteiger partial charge in [-0.05, 0) is 55.2 Å². The summed E-state index contributed by atoms with van der Waals surface area (Å²) in [6.45, 7) is 8.68. The first-order valence-electron chi connectivity index (χ1n) is 8.40. The van der Waals surface area contributed by atoms with Gasteiger partial charge in [-0.3, -0.25) is 0 Å². The van der Waals surface area contributed by atoms with Crippen molar-refractivity contribution in [3.05, 3.63) is 120 Å². The van der Waals surface area contributed by atoms with Gasteiger partial charge >= 0.3 is 26.2 Å². The van der Waals surface area contributed by atoms with E-state index in [1.165, 1.54) is 22.3 Å². The maximum absolute atomic E-state index is 8.23. The second-order valence-corrected chi connectivity index (χ2v) is 6.69. The van der Waals surface area contributed by atoms with E-state index in [2.05, 4.69) is 33.8 Å². The molecule has 1 unspecified atom stereocenters. The molecule has 1 aliphatic rings. The van der Waals surface area contributed by atoms with E-state index in [0.717, 1.165) is 5.56 Å². The molecular weight excluding hydrogens is 441 g/mol. The Hall–Kier alpha value is -1.37. The van der Waals surface area contributed by atoms with Gasteiger partial charge in [0.05, 0.1) is 0 Å². The van der Waals surface area contributed by atoms with Crippen molar-refractivity contribution in [2.24, 2.45) is 5.92 Å². The van der Waals surface area contributed by atoms with E-state index >= 15 is 0 Å². The van der Waals surface area contributed by atoms with Crippen LogP contribution in [0.5, 0.6) is 0 Å². The Balaban J connectivity index is 0. The fraction of sp³-hybridized carbons (Fsp3) is 0.200. The Kier molecular flexibility index (Phi) is 14.2. The van der Waals surface area contributed by atoms with E-state index in [1.54, 1.807) is 0 Å². The second kappa shape index (κ2) is 13.8. The fourth-order valence-electron chi connectivity index (χ4n) is 2.84. The molecular formula is C25H30ClNZr. The van der Waals surface area contributed by atoms with Gasteiger partial charge in [0.2, 0.25) is 0 Å². The molecule has 1 nitrogen and oxygen atoms in total. The molecule has 0 aromatic heterocycles. The van der Waals surface area contributed by atoms with Crippen LogP contribution in [0.4, 0.5) is 0 Å². The van der Waals surface area contributed by atoms with Crippen molar-refractivity contribution in [1.29, 1.82) is 0 Å². The molecule has 2 aromatic carbocycles. The molecule has 146 valence electrons. The molecule has 0 saturated heterocycles. The zero-order valence-electron chi connectivity index (χ0n) is 17.7. The summed E-state index contributed by atoms with van der Waals surface area (Å²) in [6.07, 6.45) is 1.99. The molecule has 0 amide bonds. The van der Waals surface area contributed by atoms with Gasteiger partial charge in [-0.15, -0.1) is 5.70 Å². The second-order valence-electron chi connectivity index (χ2n) is 6.25. The summed E-state index contributed by atoms with van der Waals surface area (Å²) in [5, 5.41) is 0.703. The zero-order valence-corrected chi connectivity index (χ0v) is 20.9. The van der Waals surface area contributed by atoms with Gasteiger partial charge in [0.15, 0.2) is 0 Å². The summed E-state index contributed by atoms with van der Waals surface area (Å²) in [7, 11) is 0. The van der Waals surface area contributed by atoms with Crippen LogP contribution in [0.25, 0.3) is 11.4 Å². The molecule has 0 aliphatic heterocycles. The van der Waals surface area contributed by atoms with Crippen LogP contribution in [0.2, 0.25) is 5.02 Å². The number of nitrogens with one attached hydrogen (secondary N) is 1. The fourth-order valence-corrected chi connectivity index (χ4v) is 2.96. The SMILES string of the molecule is CC1=C(C)C(C)C(/C=C(\[NH-])c2ccc(Cl)cc2)=C1C.[CH3-].[CH3-].[Zr+4].[c-]1ccccc1. The van der Waals surface area contributed by atoms with Crippen molar-refractivity contribution in [2.75, 3.05) is 0 Å². The molecule has 0 bridgehead atoms. The third kappa shape index (κ3) is 7.57. The van der Waals surface area contributed by atoms with Crippen molar-refractivity contribution in [3.63, 3.8) is 0 Å². The van der Waals surface area contributed by atoms with E-state index < -0.39 is 0 Å². The Morgan fingerprint density at radius 1 is 0.964 bits per heavy atom. The molecule has 1 atom stereocenters. The molecule has 3 rings (SSSR count). The van der Waals surface area contributed by atoms with Gasteiger partial charge in [-0.2, -0.15) is 36.4 Å². The van der Waals surface area contributed by atoms with Crippen LogP contribution >= 0.6 is 11.6 Å². The average molecular weight is 471 g/mol. The van der Waals surface area contributed by atoms with Crippen molar-refractivity contribution >= 4 is 17.3 Å². The van der Waals surface area contributed by atoms with Crippen LogP contribution in [0.15, 0.2) is 83.0 Å². The molecule has 0 radical (unpaired) electrons. The predicted molar refractivity (Wildman–Crippen MR) is 122 cm³/mol. The molecule has 0 fully saturated rings. The molecule has 0 saturated carbocycles. The number of benzene rings is 2. The van der Waals surface area contributed by atoms with Crippen LogP contribution in [0, 0.1) is 26.8 Å². The Labute approximate surface area is 196 Å². The van der Waals surface area contributed by atoms with E-state index in [0.29, 0.717) is 16.6 Å². The maximum Gasteiger partial charge on any atom is 4.00 e. The molecule has 3 heteroatoms. The summed E-state index contributed by atoms with van der Waals surface area (Å²) >= 11 is 5.87. The molecule has 28 heavy (non-hydrogen) atoms. The van der Waals surface area contributed by atoms with E-state index in [-0.39, 0.29) is 41.1 Å². The van der Waals surface area contributed by atoms with E-state index in [1.807, 2.05) is 60.7 Å². The smallest absolute Gasteiger partial charge is 0.698 e. The molecule has 0 spiro atoms. The number of rotatable bonds is 2. The van der Waals surface area contributed by atoms with Gasteiger partial charge in [0, 0.05) is 10.9 Å². The monoisotopic (exact) mass is 469 g/mol. The van der Waals surface area contributed by atoms with Gasteiger partial charge < -0.3 is 20.6 Å². The third-order valence-electron chi connectivity index (χ3n) is 4.77. The van der Waals surface area contributed by atoms with Crippen molar-refractivity contribution in [3.8, 4) is 0 Å². The Morgan fingerprint density at radius 2 is 1.50 bits per heavy atom. The molecule has 0 heterocycles. The third-order valence-corrected chi connectivity index (χ3v) is 5.02. The minimum atomic E-state index is 0. The summed E-state index contributed by atoms with van der Waals surface area (Å²) in [5.41, 5.74) is 15.0. The summed E-state index contributed by atoms with van der Waals surface area (Å²) in [4.78, 5) is 0. The Bertz CT molecular complexity index is 775. The van der Waals surface area contributed by atoms with Gasteiger partial charge in [0.1, 0.15) is 0 Å². The molecule has 1 aliphatic carbocycles. The average Bonchev–Trinajstić information content (AvgIpc) is 2.82. The van der Waals surface area contributed by atoms with Crippen LogP contribution in [-0.4, -0.2) is 0 Å². The normalized spacial score (nSPS) is 15.6. The minimum Gasteiger partial charge on any atom is -0.698 e. The van der Waals surface area contributed by atoms with Crippen molar-refractivity contribution in [1.82, 2.24) is 0 Å². The number of allylic oxidation sites excluding steroid dienone is 5. The van der Waals surface area contributed by atoms with Crippen LogP contribution < -0.4 is 0 Å². The van der Waals surface area contributed by atoms with Crippen LogP contribution in [0.3, 0.4) is 0 Å². The first-order chi connectivity index (χ1) is 11.9. The summed E-state index contributed by atoms with van der Waals surface area (Å²) < 4.78 is 0. The minimum absolute atomic E-state index is 0. The van der Waals surface area contributed by atoms with Crippen LogP contribution in [-0.2, 0) is 26.2 Å². The number of hydrogen-bond donors (Lipinski definition) is 0. The van der Waals surface area contributed by atoms with Gasteiger partial charge in [-0.25, -0.2) is 0 Å². The van der Waals surface area contributed by atoms with Gasteiger partial charge in [-0.1, -0.05) is 42.3 Å².